The predicted molar refractivity (Wildman–Crippen MR) is 56.0 cm³/mol. The van der Waals surface area contributed by atoms with Gasteiger partial charge in [0.25, 0.3) is 0 Å². The van der Waals surface area contributed by atoms with Crippen molar-refractivity contribution in [2.45, 2.75) is 45.4 Å². The van der Waals surface area contributed by atoms with Gasteiger partial charge in [-0.2, -0.15) is 0 Å². The standard InChI is InChI=1S/C12H18O2/c1-10-9-12(14)7-6-11(10)5-3-2-4-8-13/h8-9,11H,2-7H2,1H3. The molecule has 0 radical (unpaired) electrons. The Morgan fingerprint density at radius 3 is 2.93 bits per heavy atom. The number of carbonyl (C=O) groups excluding carboxylic acids is 2. The van der Waals surface area contributed by atoms with Crippen LogP contribution in [0.3, 0.4) is 0 Å². The summed E-state index contributed by atoms with van der Waals surface area (Å²) in [4.78, 5) is 21.2. The molecule has 1 rings (SSSR count). The zero-order chi connectivity index (χ0) is 10.4. The Kier molecular flexibility index (Phi) is 4.57. The van der Waals surface area contributed by atoms with Crippen LogP contribution in [0.15, 0.2) is 11.6 Å². The third-order valence-corrected chi connectivity index (χ3v) is 2.90. The van der Waals surface area contributed by atoms with Gasteiger partial charge >= 0.3 is 0 Å². The van der Waals surface area contributed by atoms with Gasteiger partial charge in [0.05, 0.1) is 0 Å². The minimum absolute atomic E-state index is 0.270. The molecule has 0 spiro atoms. The summed E-state index contributed by atoms with van der Waals surface area (Å²) in [5.41, 5.74) is 1.23. The molecule has 1 aliphatic rings. The summed E-state index contributed by atoms with van der Waals surface area (Å²) >= 11 is 0. The number of allylic oxidation sites excluding steroid dienone is 2. The van der Waals surface area contributed by atoms with E-state index >= 15 is 0 Å². The van der Waals surface area contributed by atoms with Crippen molar-refractivity contribution in [3.63, 3.8) is 0 Å². The smallest absolute Gasteiger partial charge is 0.155 e. The summed E-state index contributed by atoms with van der Waals surface area (Å²) in [6, 6.07) is 0. The predicted octanol–water partition coefficient (Wildman–Crippen LogP) is 2.67. The minimum atomic E-state index is 0.270. The van der Waals surface area contributed by atoms with Crippen LogP contribution in [0.25, 0.3) is 0 Å². The quantitative estimate of drug-likeness (QED) is 0.498. The van der Waals surface area contributed by atoms with Gasteiger partial charge in [-0.3, -0.25) is 4.79 Å². The molecule has 0 saturated carbocycles. The van der Waals surface area contributed by atoms with Crippen LogP contribution >= 0.6 is 0 Å². The Morgan fingerprint density at radius 1 is 1.50 bits per heavy atom. The first-order valence-electron chi connectivity index (χ1n) is 5.38. The fourth-order valence-electron chi connectivity index (χ4n) is 1.98. The maximum Gasteiger partial charge on any atom is 0.155 e. The molecule has 0 amide bonds. The second kappa shape index (κ2) is 5.74. The van der Waals surface area contributed by atoms with Crippen LogP contribution < -0.4 is 0 Å². The molecule has 78 valence electrons. The lowest BCUT2D eigenvalue weighted by Gasteiger charge is -2.20. The van der Waals surface area contributed by atoms with Gasteiger partial charge in [0.1, 0.15) is 6.29 Å². The average Bonchev–Trinajstić information content (AvgIpc) is 2.15. The van der Waals surface area contributed by atoms with E-state index in [1.807, 2.05) is 6.92 Å². The van der Waals surface area contributed by atoms with Gasteiger partial charge < -0.3 is 4.79 Å². The van der Waals surface area contributed by atoms with Crippen molar-refractivity contribution >= 4 is 12.1 Å². The van der Waals surface area contributed by atoms with E-state index in [-0.39, 0.29) is 5.78 Å². The maximum atomic E-state index is 11.1. The van der Waals surface area contributed by atoms with E-state index in [1.54, 1.807) is 6.08 Å². The molecular formula is C12H18O2. The van der Waals surface area contributed by atoms with E-state index in [9.17, 15) is 9.59 Å². The first kappa shape index (κ1) is 11.2. The molecule has 0 N–H and O–H groups in total. The largest absolute Gasteiger partial charge is 0.303 e. The van der Waals surface area contributed by atoms with Crippen molar-refractivity contribution in [2.24, 2.45) is 5.92 Å². The van der Waals surface area contributed by atoms with E-state index < -0.39 is 0 Å². The molecule has 14 heavy (non-hydrogen) atoms. The maximum absolute atomic E-state index is 11.1. The second-order valence-electron chi connectivity index (χ2n) is 4.04. The van der Waals surface area contributed by atoms with Gasteiger partial charge in [-0.25, -0.2) is 0 Å². The van der Waals surface area contributed by atoms with E-state index in [0.717, 1.165) is 32.0 Å². The van der Waals surface area contributed by atoms with Gasteiger partial charge in [-0.15, -0.1) is 0 Å². The number of unbranched alkanes of at least 4 members (excludes halogenated alkanes) is 2. The van der Waals surface area contributed by atoms with E-state index in [4.69, 9.17) is 0 Å². The first-order valence-corrected chi connectivity index (χ1v) is 5.38. The Morgan fingerprint density at radius 2 is 2.29 bits per heavy atom. The van der Waals surface area contributed by atoms with E-state index in [2.05, 4.69) is 0 Å². The topological polar surface area (TPSA) is 34.1 Å². The number of hydrogen-bond donors (Lipinski definition) is 0. The molecule has 1 atom stereocenters. The molecule has 1 aliphatic carbocycles. The molecule has 0 aliphatic heterocycles. The van der Waals surface area contributed by atoms with Crippen LogP contribution in [0, 0.1) is 5.92 Å². The monoisotopic (exact) mass is 194 g/mol. The Bertz CT molecular complexity index is 241. The number of aldehydes is 1. The van der Waals surface area contributed by atoms with E-state index in [0.29, 0.717) is 18.8 Å². The van der Waals surface area contributed by atoms with Crippen LogP contribution in [0.2, 0.25) is 0 Å². The summed E-state index contributed by atoms with van der Waals surface area (Å²) in [5, 5.41) is 0. The average molecular weight is 194 g/mol. The molecule has 0 aromatic heterocycles. The highest BCUT2D eigenvalue weighted by atomic mass is 16.1. The van der Waals surface area contributed by atoms with Crippen molar-refractivity contribution < 1.29 is 9.59 Å². The molecular weight excluding hydrogens is 176 g/mol. The Balaban J connectivity index is 2.28. The third-order valence-electron chi connectivity index (χ3n) is 2.90. The zero-order valence-electron chi connectivity index (χ0n) is 8.79. The molecule has 0 heterocycles. The van der Waals surface area contributed by atoms with Gasteiger partial charge in [0.2, 0.25) is 0 Å². The molecule has 0 aromatic carbocycles. The highest BCUT2D eigenvalue weighted by molar-refractivity contribution is 5.91. The lowest BCUT2D eigenvalue weighted by atomic mass is 9.84. The molecule has 0 fully saturated rings. The van der Waals surface area contributed by atoms with Gasteiger partial charge in [0.15, 0.2) is 5.78 Å². The van der Waals surface area contributed by atoms with Gasteiger partial charge in [-0.05, 0) is 38.2 Å². The number of hydrogen-bond acceptors (Lipinski definition) is 2. The fraction of sp³-hybridized carbons (Fsp3) is 0.667. The molecule has 0 saturated heterocycles. The van der Waals surface area contributed by atoms with Crippen molar-refractivity contribution in [1.82, 2.24) is 0 Å². The van der Waals surface area contributed by atoms with Crippen LogP contribution in [0.5, 0.6) is 0 Å². The summed E-state index contributed by atoms with van der Waals surface area (Å²) in [6.45, 7) is 2.04. The number of ketones is 1. The molecule has 2 nitrogen and oxygen atoms in total. The van der Waals surface area contributed by atoms with Crippen molar-refractivity contribution in [3.8, 4) is 0 Å². The van der Waals surface area contributed by atoms with Gasteiger partial charge in [-0.1, -0.05) is 12.0 Å². The fourth-order valence-corrected chi connectivity index (χ4v) is 1.98. The highest BCUT2D eigenvalue weighted by Crippen LogP contribution is 2.27. The van der Waals surface area contributed by atoms with Crippen molar-refractivity contribution in [1.29, 1.82) is 0 Å². The molecule has 2 heteroatoms. The van der Waals surface area contributed by atoms with Crippen LogP contribution in [0.1, 0.15) is 45.4 Å². The lowest BCUT2D eigenvalue weighted by Crippen LogP contribution is -2.12. The van der Waals surface area contributed by atoms with Crippen LogP contribution in [0.4, 0.5) is 0 Å². The second-order valence-corrected chi connectivity index (χ2v) is 4.04. The van der Waals surface area contributed by atoms with E-state index in [1.165, 1.54) is 5.57 Å². The first-order chi connectivity index (χ1) is 6.74. The summed E-state index contributed by atoms with van der Waals surface area (Å²) in [6.07, 6.45) is 8.36. The molecule has 0 bridgehead atoms. The lowest BCUT2D eigenvalue weighted by molar-refractivity contribution is -0.115. The Labute approximate surface area is 85.4 Å². The summed E-state index contributed by atoms with van der Waals surface area (Å²) < 4.78 is 0. The Hall–Kier alpha value is -0.920. The molecule has 1 unspecified atom stereocenters. The van der Waals surface area contributed by atoms with Crippen LogP contribution in [-0.2, 0) is 9.59 Å². The number of rotatable bonds is 5. The van der Waals surface area contributed by atoms with Crippen LogP contribution in [-0.4, -0.2) is 12.1 Å². The molecule has 0 aromatic rings. The summed E-state index contributed by atoms with van der Waals surface area (Å²) in [7, 11) is 0. The SMILES string of the molecule is CC1=CC(=O)CCC1CCCCC=O. The zero-order valence-corrected chi connectivity index (χ0v) is 8.79. The highest BCUT2D eigenvalue weighted by Gasteiger charge is 2.17. The van der Waals surface area contributed by atoms with Crippen molar-refractivity contribution in [2.75, 3.05) is 0 Å². The van der Waals surface area contributed by atoms with Gasteiger partial charge in [0, 0.05) is 12.8 Å². The third kappa shape index (κ3) is 3.44. The minimum Gasteiger partial charge on any atom is -0.303 e. The van der Waals surface area contributed by atoms with Crippen molar-refractivity contribution in [3.05, 3.63) is 11.6 Å². The summed E-state index contributed by atoms with van der Waals surface area (Å²) in [5.74, 6) is 0.853. The number of carbonyl (C=O) groups is 2. The normalized spacial score (nSPS) is 21.9.